The summed E-state index contributed by atoms with van der Waals surface area (Å²) in [5.74, 6) is 0.125. The number of benzene rings is 1. The summed E-state index contributed by atoms with van der Waals surface area (Å²) in [6.45, 7) is 1.34. The van der Waals surface area contributed by atoms with Crippen molar-refractivity contribution >= 4 is 32.7 Å². The second kappa shape index (κ2) is 7.45. The van der Waals surface area contributed by atoms with Crippen molar-refractivity contribution in [1.82, 2.24) is 19.9 Å². The van der Waals surface area contributed by atoms with Crippen LogP contribution in [0.5, 0.6) is 6.01 Å². The highest BCUT2D eigenvalue weighted by Gasteiger charge is 2.26. The number of aromatic amines is 1. The smallest absolute Gasteiger partial charge is 0.316 e. The minimum Gasteiger partial charge on any atom is -0.458 e. The van der Waals surface area contributed by atoms with Crippen LogP contribution in [0.15, 0.2) is 47.3 Å². The van der Waals surface area contributed by atoms with Crippen LogP contribution < -0.4 is 4.74 Å². The Morgan fingerprint density at radius 3 is 2.96 bits per heavy atom. The van der Waals surface area contributed by atoms with Crippen molar-refractivity contribution in [2.75, 3.05) is 13.1 Å². The highest BCUT2D eigenvalue weighted by atomic mass is 79.9. The number of nitrogens with zero attached hydrogens (tertiary/aromatic N) is 3. The van der Waals surface area contributed by atoms with Crippen LogP contribution in [0, 0.1) is 0 Å². The van der Waals surface area contributed by atoms with Crippen molar-refractivity contribution in [3.8, 4) is 6.01 Å². The van der Waals surface area contributed by atoms with E-state index in [-0.39, 0.29) is 12.0 Å². The van der Waals surface area contributed by atoms with Gasteiger partial charge in [0.15, 0.2) is 0 Å². The third-order valence-electron chi connectivity index (χ3n) is 4.62. The van der Waals surface area contributed by atoms with Gasteiger partial charge in [-0.25, -0.2) is 9.97 Å². The van der Waals surface area contributed by atoms with Gasteiger partial charge in [-0.3, -0.25) is 4.79 Å². The maximum Gasteiger partial charge on any atom is 0.316 e. The van der Waals surface area contributed by atoms with Gasteiger partial charge in [-0.1, -0.05) is 18.2 Å². The maximum atomic E-state index is 12.8. The molecule has 1 saturated heterocycles. The molecule has 0 bridgehead atoms. The number of aromatic nitrogens is 3. The molecule has 134 valence electrons. The lowest BCUT2D eigenvalue weighted by Gasteiger charge is -2.32. The first kappa shape index (κ1) is 17.0. The first-order valence-electron chi connectivity index (χ1n) is 8.66. The van der Waals surface area contributed by atoms with Crippen molar-refractivity contribution in [2.24, 2.45) is 0 Å². The summed E-state index contributed by atoms with van der Waals surface area (Å²) in [5.41, 5.74) is 2.09. The van der Waals surface area contributed by atoms with Crippen molar-refractivity contribution in [3.63, 3.8) is 0 Å². The molecule has 0 saturated carbocycles. The Kier molecular flexibility index (Phi) is 4.88. The molecule has 1 unspecified atom stereocenters. The number of rotatable bonds is 4. The van der Waals surface area contributed by atoms with E-state index in [9.17, 15) is 4.79 Å². The molecule has 6 nitrogen and oxygen atoms in total. The molecule has 1 fully saturated rings. The number of carbonyl (C=O) groups excluding carboxylic acids is 1. The number of amides is 1. The summed E-state index contributed by atoms with van der Waals surface area (Å²) in [7, 11) is 0. The number of ether oxygens (including phenoxy) is 1. The molecule has 7 heteroatoms. The number of H-pyrrole nitrogens is 1. The quantitative estimate of drug-likeness (QED) is 0.710. The Labute approximate surface area is 159 Å². The molecule has 3 heterocycles. The molecular weight excluding hydrogens is 396 g/mol. The minimum absolute atomic E-state index is 0.0724. The van der Waals surface area contributed by atoms with Gasteiger partial charge in [0.25, 0.3) is 0 Å². The number of piperidine rings is 1. The number of para-hydroxylation sites is 1. The Morgan fingerprint density at radius 1 is 1.31 bits per heavy atom. The summed E-state index contributed by atoms with van der Waals surface area (Å²) >= 11 is 3.31. The lowest BCUT2D eigenvalue weighted by atomic mass is 10.1. The third kappa shape index (κ3) is 3.72. The highest BCUT2D eigenvalue weighted by Crippen LogP contribution is 2.21. The van der Waals surface area contributed by atoms with Gasteiger partial charge in [0.2, 0.25) is 5.91 Å². The molecule has 1 atom stereocenters. The van der Waals surface area contributed by atoms with Crippen LogP contribution in [-0.2, 0) is 11.2 Å². The number of likely N-dealkylation sites (tertiary alicyclic amines) is 1. The van der Waals surface area contributed by atoms with Crippen LogP contribution >= 0.6 is 15.9 Å². The van der Waals surface area contributed by atoms with Gasteiger partial charge in [-0.15, -0.1) is 0 Å². The fraction of sp³-hybridized carbons (Fsp3) is 0.316. The monoisotopic (exact) mass is 414 g/mol. The molecule has 2 aromatic heterocycles. The van der Waals surface area contributed by atoms with E-state index >= 15 is 0 Å². The molecule has 0 aliphatic carbocycles. The van der Waals surface area contributed by atoms with E-state index in [2.05, 4.69) is 30.9 Å². The number of halogens is 1. The van der Waals surface area contributed by atoms with Crippen molar-refractivity contribution in [1.29, 1.82) is 0 Å². The van der Waals surface area contributed by atoms with Crippen LogP contribution in [0.1, 0.15) is 18.4 Å². The predicted molar refractivity (Wildman–Crippen MR) is 102 cm³/mol. The van der Waals surface area contributed by atoms with E-state index in [1.165, 1.54) is 0 Å². The lowest BCUT2D eigenvalue weighted by molar-refractivity contribution is -0.133. The zero-order valence-electron chi connectivity index (χ0n) is 14.2. The van der Waals surface area contributed by atoms with E-state index in [0.29, 0.717) is 19.0 Å². The van der Waals surface area contributed by atoms with Crippen molar-refractivity contribution in [3.05, 3.63) is 52.9 Å². The summed E-state index contributed by atoms with van der Waals surface area (Å²) in [5, 5.41) is 1.11. The molecule has 1 N–H and O–H groups in total. The second-order valence-electron chi connectivity index (χ2n) is 6.44. The van der Waals surface area contributed by atoms with Gasteiger partial charge in [-0.05, 0) is 40.4 Å². The molecule has 26 heavy (non-hydrogen) atoms. The molecule has 0 spiro atoms. The zero-order valence-corrected chi connectivity index (χ0v) is 15.8. The van der Waals surface area contributed by atoms with Gasteiger partial charge < -0.3 is 14.6 Å². The molecule has 1 aromatic carbocycles. The van der Waals surface area contributed by atoms with Crippen LogP contribution in [0.4, 0.5) is 0 Å². The number of nitrogens with one attached hydrogen (secondary N) is 1. The minimum atomic E-state index is -0.0724. The van der Waals surface area contributed by atoms with Crippen LogP contribution in [0.25, 0.3) is 10.9 Å². The fourth-order valence-corrected chi connectivity index (χ4v) is 3.53. The van der Waals surface area contributed by atoms with Gasteiger partial charge in [0, 0.05) is 36.0 Å². The largest absolute Gasteiger partial charge is 0.458 e. The first-order chi connectivity index (χ1) is 12.7. The van der Waals surface area contributed by atoms with Gasteiger partial charge in [-0.2, -0.15) is 0 Å². The normalized spacial score (nSPS) is 17.4. The van der Waals surface area contributed by atoms with Crippen LogP contribution in [-0.4, -0.2) is 45.0 Å². The summed E-state index contributed by atoms with van der Waals surface area (Å²) in [4.78, 5) is 26.2. The second-order valence-corrected chi connectivity index (χ2v) is 7.36. The number of hydrogen-bond acceptors (Lipinski definition) is 4. The maximum absolute atomic E-state index is 12.8. The SMILES string of the molecule is O=C(Cc1c[nH]c2ccccc12)N1CCCC(Oc2ncc(Br)cn2)C1. The van der Waals surface area contributed by atoms with Crippen molar-refractivity contribution in [2.45, 2.75) is 25.4 Å². The van der Waals surface area contributed by atoms with E-state index in [1.807, 2.05) is 35.4 Å². The fourth-order valence-electron chi connectivity index (χ4n) is 3.32. The predicted octanol–water partition coefficient (Wildman–Crippen LogP) is 3.33. The molecule has 1 aliphatic rings. The van der Waals surface area contributed by atoms with Gasteiger partial charge >= 0.3 is 6.01 Å². The number of fused-ring (bicyclic) bond motifs is 1. The number of hydrogen-bond donors (Lipinski definition) is 1. The molecule has 3 aromatic rings. The van der Waals surface area contributed by atoms with Crippen LogP contribution in [0.2, 0.25) is 0 Å². The topological polar surface area (TPSA) is 71.1 Å². The van der Waals surface area contributed by atoms with Gasteiger partial charge in [0.1, 0.15) is 6.10 Å². The Morgan fingerprint density at radius 2 is 2.12 bits per heavy atom. The standard InChI is InChI=1S/C19H19BrN4O2/c20-14-10-22-19(23-11-14)26-15-4-3-7-24(12-15)18(25)8-13-9-21-17-6-2-1-5-16(13)17/h1-2,5-6,9-11,15,21H,3-4,7-8,12H2. The summed E-state index contributed by atoms with van der Waals surface area (Å²) < 4.78 is 6.66. The molecular formula is C19H19BrN4O2. The average Bonchev–Trinajstić information content (AvgIpc) is 3.07. The number of carbonyl (C=O) groups is 1. The summed E-state index contributed by atoms with van der Waals surface area (Å²) in [6.07, 6.45) is 7.38. The first-order valence-corrected chi connectivity index (χ1v) is 9.45. The molecule has 1 aliphatic heterocycles. The Balaban J connectivity index is 1.40. The van der Waals surface area contributed by atoms with E-state index in [0.717, 1.165) is 40.3 Å². The average molecular weight is 415 g/mol. The Hall–Kier alpha value is -2.41. The highest BCUT2D eigenvalue weighted by molar-refractivity contribution is 9.10. The summed E-state index contributed by atoms with van der Waals surface area (Å²) in [6, 6.07) is 8.39. The van der Waals surface area contributed by atoms with Crippen LogP contribution in [0.3, 0.4) is 0 Å². The van der Waals surface area contributed by atoms with E-state index < -0.39 is 0 Å². The van der Waals surface area contributed by atoms with E-state index in [4.69, 9.17) is 4.74 Å². The Bertz CT molecular complexity index is 909. The zero-order chi connectivity index (χ0) is 17.9. The lowest BCUT2D eigenvalue weighted by Crippen LogP contribution is -2.45. The molecule has 1 amide bonds. The third-order valence-corrected chi connectivity index (χ3v) is 5.03. The van der Waals surface area contributed by atoms with E-state index in [1.54, 1.807) is 12.4 Å². The molecule has 0 radical (unpaired) electrons. The molecule has 4 rings (SSSR count). The van der Waals surface area contributed by atoms with Crippen molar-refractivity contribution < 1.29 is 9.53 Å². The van der Waals surface area contributed by atoms with Gasteiger partial charge in [0.05, 0.1) is 17.4 Å².